The maximum absolute atomic E-state index is 12.4. The smallest absolute Gasteiger partial charge is 0.224 e. The normalized spacial score (nSPS) is 19.5. The molecule has 7 nitrogen and oxygen atoms in total. The zero-order chi connectivity index (χ0) is 17.9. The molecule has 3 rings (SSSR count). The van der Waals surface area contributed by atoms with E-state index in [4.69, 9.17) is 0 Å². The highest BCUT2D eigenvalue weighted by Gasteiger charge is 2.44. The van der Waals surface area contributed by atoms with Crippen LogP contribution in [-0.2, 0) is 16.1 Å². The molecular formula is C18H27N5O2. The second-order valence-electron chi connectivity index (χ2n) is 7.52. The van der Waals surface area contributed by atoms with Crippen molar-refractivity contribution in [2.75, 3.05) is 26.2 Å². The summed E-state index contributed by atoms with van der Waals surface area (Å²) >= 11 is 0. The lowest BCUT2D eigenvalue weighted by Crippen LogP contribution is -2.44. The molecule has 0 aliphatic carbocycles. The van der Waals surface area contributed by atoms with Gasteiger partial charge in [0, 0.05) is 44.4 Å². The molecule has 3 heterocycles. The van der Waals surface area contributed by atoms with Crippen LogP contribution in [0.1, 0.15) is 39.5 Å². The van der Waals surface area contributed by atoms with E-state index in [1.165, 1.54) is 11.9 Å². The number of hydrogen-bond donors (Lipinski definition) is 0. The molecule has 7 heteroatoms. The Kier molecular flexibility index (Phi) is 5.20. The van der Waals surface area contributed by atoms with E-state index in [2.05, 4.69) is 30.0 Å². The van der Waals surface area contributed by atoms with Crippen LogP contribution in [-0.4, -0.2) is 62.6 Å². The Morgan fingerprint density at radius 1 is 1.32 bits per heavy atom. The van der Waals surface area contributed by atoms with Crippen molar-refractivity contribution in [2.24, 2.45) is 5.41 Å². The van der Waals surface area contributed by atoms with Crippen LogP contribution in [0.15, 0.2) is 24.3 Å². The summed E-state index contributed by atoms with van der Waals surface area (Å²) in [6.45, 7) is 7.72. The molecule has 1 spiro atoms. The monoisotopic (exact) mass is 345 g/mol. The van der Waals surface area contributed by atoms with E-state index in [0.29, 0.717) is 25.9 Å². The highest BCUT2D eigenvalue weighted by Crippen LogP contribution is 2.41. The minimum absolute atomic E-state index is 0.0647. The van der Waals surface area contributed by atoms with Gasteiger partial charge in [-0.2, -0.15) is 5.10 Å². The summed E-state index contributed by atoms with van der Waals surface area (Å²) in [5.74, 6) is 0.416. The Morgan fingerprint density at radius 2 is 2.08 bits per heavy atom. The molecule has 1 aromatic heterocycles. The summed E-state index contributed by atoms with van der Waals surface area (Å²) in [6.07, 6.45) is 8.13. The molecule has 0 bridgehead atoms. The second-order valence-corrected chi connectivity index (χ2v) is 7.52. The van der Waals surface area contributed by atoms with Crippen LogP contribution in [0, 0.1) is 5.41 Å². The molecule has 2 aliphatic rings. The van der Waals surface area contributed by atoms with E-state index in [1.54, 1.807) is 11.0 Å². The number of aryl methyl sites for hydroxylation is 1. The molecule has 0 aromatic carbocycles. The van der Waals surface area contributed by atoms with E-state index in [1.807, 2.05) is 9.80 Å². The lowest BCUT2D eigenvalue weighted by atomic mass is 9.77. The van der Waals surface area contributed by atoms with Crippen LogP contribution < -0.4 is 0 Å². The van der Waals surface area contributed by atoms with E-state index in [0.717, 1.165) is 32.5 Å². The zero-order valence-electron chi connectivity index (χ0n) is 15.1. The second kappa shape index (κ2) is 7.37. The highest BCUT2D eigenvalue weighted by molar-refractivity contribution is 5.80. The average Bonchev–Trinajstić information content (AvgIpc) is 3.20. The van der Waals surface area contributed by atoms with Crippen LogP contribution >= 0.6 is 0 Å². The van der Waals surface area contributed by atoms with Gasteiger partial charge in [-0.05, 0) is 26.7 Å². The van der Waals surface area contributed by atoms with Crippen molar-refractivity contribution < 1.29 is 9.59 Å². The summed E-state index contributed by atoms with van der Waals surface area (Å²) in [7, 11) is 0. The lowest BCUT2D eigenvalue weighted by Gasteiger charge is -2.38. The van der Waals surface area contributed by atoms with E-state index < -0.39 is 0 Å². The van der Waals surface area contributed by atoms with Crippen LogP contribution in [0.25, 0.3) is 0 Å². The first-order valence-corrected chi connectivity index (χ1v) is 8.99. The third-order valence-corrected chi connectivity index (χ3v) is 5.32. The Labute approximate surface area is 148 Å². The predicted molar refractivity (Wildman–Crippen MR) is 93.5 cm³/mol. The molecule has 0 N–H and O–H groups in total. The number of hydrogen-bond acceptors (Lipinski definition) is 4. The molecule has 0 atom stereocenters. The molecule has 2 fully saturated rings. The Hall–Kier alpha value is -2.18. The molecule has 2 amide bonds. The number of carbonyl (C=O) groups excluding carboxylic acids is 2. The van der Waals surface area contributed by atoms with Gasteiger partial charge in [0.25, 0.3) is 0 Å². The van der Waals surface area contributed by atoms with Crippen molar-refractivity contribution in [1.82, 2.24) is 24.6 Å². The van der Waals surface area contributed by atoms with Crippen molar-refractivity contribution in [3.05, 3.63) is 24.3 Å². The van der Waals surface area contributed by atoms with E-state index >= 15 is 0 Å². The van der Waals surface area contributed by atoms with Gasteiger partial charge in [0.15, 0.2) is 0 Å². The van der Waals surface area contributed by atoms with Crippen LogP contribution in [0.4, 0.5) is 0 Å². The zero-order valence-corrected chi connectivity index (χ0v) is 15.1. The number of piperidine rings is 1. The molecule has 0 unspecified atom stereocenters. The van der Waals surface area contributed by atoms with Crippen molar-refractivity contribution in [3.63, 3.8) is 0 Å². The summed E-state index contributed by atoms with van der Waals surface area (Å²) in [6, 6.07) is 0. The fourth-order valence-electron chi connectivity index (χ4n) is 3.72. The molecule has 136 valence electrons. The third-order valence-electron chi connectivity index (χ3n) is 5.32. The summed E-state index contributed by atoms with van der Waals surface area (Å²) in [5, 5.41) is 4.02. The summed E-state index contributed by atoms with van der Waals surface area (Å²) in [4.78, 5) is 32.5. The van der Waals surface area contributed by atoms with Gasteiger partial charge in [-0.3, -0.25) is 14.3 Å². The van der Waals surface area contributed by atoms with Gasteiger partial charge in [-0.1, -0.05) is 11.6 Å². The van der Waals surface area contributed by atoms with Gasteiger partial charge in [-0.15, -0.1) is 0 Å². The first-order valence-electron chi connectivity index (χ1n) is 8.99. The Bertz CT molecular complexity index is 640. The fourth-order valence-corrected chi connectivity index (χ4v) is 3.72. The number of allylic oxidation sites excluding steroid dienone is 1. The van der Waals surface area contributed by atoms with Crippen molar-refractivity contribution in [2.45, 2.75) is 46.1 Å². The molecule has 25 heavy (non-hydrogen) atoms. The van der Waals surface area contributed by atoms with Crippen LogP contribution in [0.2, 0.25) is 0 Å². The maximum atomic E-state index is 12.4. The number of aromatic nitrogens is 3. The first-order chi connectivity index (χ1) is 12.0. The quantitative estimate of drug-likeness (QED) is 0.758. The number of amides is 2. The number of likely N-dealkylation sites (tertiary alicyclic amines) is 2. The van der Waals surface area contributed by atoms with Crippen molar-refractivity contribution in [1.29, 1.82) is 0 Å². The first kappa shape index (κ1) is 17.6. The van der Waals surface area contributed by atoms with Gasteiger partial charge in [0.05, 0.1) is 6.54 Å². The highest BCUT2D eigenvalue weighted by atomic mass is 16.2. The molecule has 2 saturated heterocycles. The summed E-state index contributed by atoms with van der Waals surface area (Å²) in [5.41, 5.74) is 1.30. The average molecular weight is 345 g/mol. The summed E-state index contributed by atoms with van der Waals surface area (Å²) < 4.78 is 1.68. The number of carbonyl (C=O) groups is 2. The van der Waals surface area contributed by atoms with E-state index in [9.17, 15) is 9.59 Å². The van der Waals surface area contributed by atoms with E-state index in [-0.39, 0.29) is 17.2 Å². The topological polar surface area (TPSA) is 71.3 Å². The molecule has 0 radical (unpaired) electrons. The standard InChI is InChI=1S/C18H27N5O2/c1-15(2)3-7-22-12-18(11-17(22)25)5-9-21(10-6-18)16(24)4-8-23-14-19-13-20-23/h3,13-14H,4-12H2,1-2H3. The van der Waals surface area contributed by atoms with Crippen LogP contribution in [0.3, 0.4) is 0 Å². The van der Waals surface area contributed by atoms with Gasteiger partial charge in [0.2, 0.25) is 11.8 Å². The SMILES string of the molecule is CC(C)=CCN1CC2(CCN(C(=O)CCn3cncn3)CC2)CC1=O. The number of nitrogens with zero attached hydrogens (tertiary/aromatic N) is 5. The Balaban J connectivity index is 1.49. The van der Waals surface area contributed by atoms with Gasteiger partial charge < -0.3 is 9.80 Å². The van der Waals surface area contributed by atoms with Crippen molar-refractivity contribution in [3.8, 4) is 0 Å². The number of rotatable bonds is 5. The Morgan fingerprint density at radius 3 is 2.72 bits per heavy atom. The minimum atomic E-state index is 0.0647. The molecule has 2 aliphatic heterocycles. The molecule has 1 aromatic rings. The maximum Gasteiger partial charge on any atom is 0.224 e. The fraction of sp³-hybridized carbons (Fsp3) is 0.667. The molecular weight excluding hydrogens is 318 g/mol. The van der Waals surface area contributed by atoms with Gasteiger partial charge in [-0.25, -0.2) is 4.98 Å². The van der Waals surface area contributed by atoms with Gasteiger partial charge >= 0.3 is 0 Å². The third kappa shape index (κ3) is 4.27. The van der Waals surface area contributed by atoms with Crippen LogP contribution in [0.5, 0.6) is 0 Å². The largest absolute Gasteiger partial charge is 0.343 e. The lowest BCUT2D eigenvalue weighted by molar-refractivity contribution is -0.133. The predicted octanol–water partition coefficient (Wildman–Crippen LogP) is 1.48. The molecule has 0 saturated carbocycles. The minimum Gasteiger partial charge on any atom is -0.343 e. The van der Waals surface area contributed by atoms with Crippen molar-refractivity contribution >= 4 is 11.8 Å². The van der Waals surface area contributed by atoms with Gasteiger partial charge in [0.1, 0.15) is 12.7 Å².